The zero-order valence-corrected chi connectivity index (χ0v) is 10.9. The smallest absolute Gasteiger partial charge is 0.304 e. The van der Waals surface area contributed by atoms with Crippen molar-refractivity contribution in [2.24, 2.45) is 0 Å². The summed E-state index contributed by atoms with van der Waals surface area (Å²) in [5, 5.41) is 8.93. The van der Waals surface area contributed by atoms with Gasteiger partial charge in [-0.25, -0.2) is 9.97 Å². The van der Waals surface area contributed by atoms with Crippen molar-refractivity contribution < 1.29 is 9.90 Å². The lowest BCUT2D eigenvalue weighted by atomic mass is 9.88. The van der Waals surface area contributed by atoms with E-state index in [2.05, 4.69) is 15.0 Å². The van der Waals surface area contributed by atoms with Gasteiger partial charge in [-0.2, -0.15) is 0 Å². The zero-order chi connectivity index (χ0) is 13.9. The molecule has 2 rings (SSSR count). The first-order chi connectivity index (χ1) is 8.99. The Morgan fingerprint density at radius 3 is 2.53 bits per heavy atom. The summed E-state index contributed by atoms with van der Waals surface area (Å²) in [6.07, 6.45) is 5.04. The molecule has 0 atom stereocenters. The van der Waals surface area contributed by atoms with E-state index in [0.717, 1.165) is 11.3 Å². The van der Waals surface area contributed by atoms with Crippen LogP contribution in [0.15, 0.2) is 36.8 Å². The van der Waals surface area contributed by atoms with Gasteiger partial charge in [0.05, 0.1) is 12.1 Å². The zero-order valence-electron chi connectivity index (χ0n) is 10.9. The second-order valence-electron chi connectivity index (χ2n) is 4.96. The standard InChI is InChI=1S/C14H15N3O2/c1-14(2,9-12(18)19)13-16-8-5-11(17-13)10-3-6-15-7-4-10/h3-8H,9H2,1-2H3,(H,18,19). The van der Waals surface area contributed by atoms with Gasteiger partial charge in [0.1, 0.15) is 5.82 Å². The third kappa shape index (κ3) is 3.13. The van der Waals surface area contributed by atoms with Crippen LogP contribution in [0.2, 0.25) is 0 Å². The van der Waals surface area contributed by atoms with E-state index >= 15 is 0 Å². The molecule has 0 amide bonds. The number of carboxylic acids is 1. The van der Waals surface area contributed by atoms with E-state index in [1.165, 1.54) is 0 Å². The molecule has 2 aromatic heterocycles. The van der Waals surface area contributed by atoms with Crippen molar-refractivity contribution in [2.45, 2.75) is 25.7 Å². The van der Waals surface area contributed by atoms with Gasteiger partial charge in [0.25, 0.3) is 0 Å². The van der Waals surface area contributed by atoms with Crippen molar-refractivity contribution in [1.29, 1.82) is 0 Å². The molecule has 1 N–H and O–H groups in total. The van der Waals surface area contributed by atoms with Gasteiger partial charge >= 0.3 is 5.97 Å². The Morgan fingerprint density at radius 1 is 1.21 bits per heavy atom. The maximum absolute atomic E-state index is 10.9. The molecule has 0 radical (unpaired) electrons. The van der Waals surface area contributed by atoms with E-state index in [1.807, 2.05) is 26.0 Å². The summed E-state index contributed by atoms with van der Waals surface area (Å²) in [6.45, 7) is 3.65. The highest BCUT2D eigenvalue weighted by Gasteiger charge is 2.27. The molecule has 0 saturated heterocycles. The summed E-state index contributed by atoms with van der Waals surface area (Å²) >= 11 is 0. The van der Waals surface area contributed by atoms with Crippen molar-refractivity contribution in [3.05, 3.63) is 42.6 Å². The average Bonchev–Trinajstić information content (AvgIpc) is 2.38. The predicted octanol–water partition coefficient (Wildman–Crippen LogP) is 2.29. The Kier molecular flexibility index (Phi) is 3.55. The lowest BCUT2D eigenvalue weighted by Crippen LogP contribution is -2.24. The lowest BCUT2D eigenvalue weighted by Gasteiger charge is -2.20. The van der Waals surface area contributed by atoms with Gasteiger partial charge in [-0.15, -0.1) is 0 Å². The highest BCUT2D eigenvalue weighted by atomic mass is 16.4. The molecule has 98 valence electrons. The maximum atomic E-state index is 10.9. The molecule has 0 bridgehead atoms. The minimum Gasteiger partial charge on any atom is -0.481 e. The first kappa shape index (κ1) is 13.1. The lowest BCUT2D eigenvalue weighted by molar-refractivity contribution is -0.138. The van der Waals surface area contributed by atoms with Crippen LogP contribution in [0.25, 0.3) is 11.3 Å². The fraction of sp³-hybridized carbons (Fsp3) is 0.286. The minimum absolute atomic E-state index is 0.00714. The largest absolute Gasteiger partial charge is 0.481 e. The number of aliphatic carboxylic acids is 1. The third-order valence-electron chi connectivity index (χ3n) is 2.83. The van der Waals surface area contributed by atoms with Crippen LogP contribution in [0, 0.1) is 0 Å². The molecule has 0 spiro atoms. The number of carboxylic acid groups (broad SMARTS) is 1. The predicted molar refractivity (Wildman–Crippen MR) is 70.5 cm³/mol. The number of carbonyl (C=O) groups is 1. The fourth-order valence-electron chi connectivity index (χ4n) is 1.83. The van der Waals surface area contributed by atoms with Crippen LogP contribution in [0.1, 0.15) is 26.1 Å². The molecular weight excluding hydrogens is 242 g/mol. The Balaban J connectivity index is 2.37. The molecule has 19 heavy (non-hydrogen) atoms. The normalized spacial score (nSPS) is 11.3. The second kappa shape index (κ2) is 5.14. The second-order valence-corrected chi connectivity index (χ2v) is 4.96. The molecule has 0 aliphatic carbocycles. The summed E-state index contributed by atoms with van der Waals surface area (Å²) in [5.41, 5.74) is 1.10. The van der Waals surface area contributed by atoms with Gasteiger partial charge in [-0.3, -0.25) is 9.78 Å². The van der Waals surface area contributed by atoms with Gasteiger partial charge in [0, 0.05) is 29.6 Å². The van der Waals surface area contributed by atoms with Crippen LogP contribution in [0.3, 0.4) is 0 Å². The van der Waals surface area contributed by atoms with Crippen molar-refractivity contribution in [1.82, 2.24) is 15.0 Å². The minimum atomic E-state index is -0.858. The van der Waals surface area contributed by atoms with Gasteiger partial charge in [0.2, 0.25) is 0 Å². The molecular formula is C14H15N3O2. The number of hydrogen-bond acceptors (Lipinski definition) is 4. The monoisotopic (exact) mass is 257 g/mol. The van der Waals surface area contributed by atoms with E-state index in [9.17, 15) is 4.79 Å². The van der Waals surface area contributed by atoms with Crippen LogP contribution in [0.5, 0.6) is 0 Å². The quantitative estimate of drug-likeness (QED) is 0.909. The van der Waals surface area contributed by atoms with Crippen LogP contribution < -0.4 is 0 Å². The summed E-state index contributed by atoms with van der Waals surface area (Å²) in [4.78, 5) is 23.5. The molecule has 0 aromatic carbocycles. The van der Waals surface area contributed by atoms with Crippen molar-refractivity contribution in [2.75, 3.05) is 0 Å². The summed E-state index contributed by atoms with van der Waals surface area (Å²) in [5.74, 6) is -0.327. The van der Waals surface area contributed by atoms with Crippen LogP contribution in [-0.2, 0) is 10.2 Å². The molecule has 2 heterocycles. The molecule has 0 fully saturated rings. The number of rotatable bonds is 4. The van der Waals surface area contributed by atoms with Crippen molar-refractivity contribution in [3.8, 4) is 11.3 Å². The fourth-order valence-corrected chi connectivity index (χ4v) is 1.83. The molecule has 2 aromatic rings. The third-order valence-corrected chi connectivity index (χ3v) is 2.83. The average molecular weight is 257 g/mol. The van der Waals surface area contributed by atoms with E-state index in [0.29, 0.717) is 5.82 Å². The highest BCUT2D eigenvalue weighted by Crippen LogP contribution is 2.25. The van der Waals surface area contributed by atoms with E-state index in [-0.39, 0.29) is 6.42 Å². The SMILES string of the molecule is CC(C)(CC(=O)O)c1nccc(-c2ccncc2)n1. The van der Waals surface area contributed by atoms with Gasteiger partial charge in [-0.05, 0) is 18.2 Å². The number of nitrogens with zero attached hydrogens (tertiary/aromatic N) is 3. The number of pyridine rings is 1. The Hall–Kier alpha value is -2.30. The molecule has 0 saturated carbocycles. The molecule has 5 heteroatoms. The Labute approximate surface area is 111 Å². The Morgan fingerprint density at radius 2 is 1.89 bits per heavy atom. The molecule has 0 aliphatic rings. The van der Waals surface area contributed by atoms with E-state index in [4.69, 9.17) is 5.11 Å². The Bertz CT molecular complexity index is 582. The molecule has 0 aliphatic heterocycles. The summed E-state index contributed by atoms with van der Waals surface area (Å²) < 4.78 is 0. The van der Waals surface area contributed by atoms with Crippen LogP contribution >= 0.6 is 0 Å². The van der Waals surface area contributed by atoms with Crippen LogP contribution in [-0.4, -0.2) is 26.0 Å². The van der Waals surface area contributed by atoms with Crippen molar-refractivity contribution >= 4 is 5.97 Å². The summed E-state index contributed by atoms with van der Waals surface area (Å²) in [6, 6.07) is 5.52. The first-order valence-corrected chi connectivity index (χ1v) is 5.95. The van der Waals surface area contributed by atoms with Gasteiger partial charge < -0.3 is 5.11 Å². The van der Waals surface area contributed by atoms with Crippen molar-refractivity contribution in [3.63, 3.8) is 0 Å². The molecule has 0 unspecified atom stereocenters. The topological polar surface area (TPSA) is 76.0 Å². The summed E-state index contributed by atoms with van der Waals surface area (Å²) in [7, 11) is 0. The van der Waals surface area contributed by atoms with Gasteiger partial charge in [-0.1, -0.05) is 13.8 Å². The maximum Gasteiger partial charge on any atom is 0.304 e. The number of aromatic nitrogens is 3. The van der Waals surface area contributed by atoms with Crippen LogP contribution in [0.4, 0.5) is 0 Å². The highest BCUT2D eigenvalue weighted by molar-refractivity contribution is 5.68. The molecule has 5 nitrogen and oxygen atoms in total. The van der Waals surface area contributed by atoms with E-state index < -0.39 is 11.4 Å². The number of hydrogen-bond donors (Lipinski definition) is 1. The van der Waals surface area contributed by atoms with Gasteiger partial charge in [0.15, 0.2) is 0 Å². The first-order valence-electron chi connectivity index (χ1n) is 5.95. The van der Waals surface area contributed by atoms with E-state index in [1.54, 1.807) is 24.7 Å².